The fourth-order valence-corrected chi connectivity index (χ4v) is 3.27. The second-order valence-electron chi connectivity index (χ2n) is 6.11. The van der Waals surface area contributed by atoms with Gasteiger partial charge in [-0.25, -0.2) is 4.39 Å². The van der Waals surface area contributed by atoms with E-state index in [1.807, 2.05) is 6.92 Å². The van der Waals surface area contributed by atoms with Gasteiger partial charge >= 0.3 is 0 Å². The molecule has 0 saturated heterocycles. The molecule has 0 fully saturated rings. The van der Waals surface area contributed by atoms with Crippen LogP contribution >= 0.6 is 12.2 Å². The molecule has 0 unspecified atom stereocenters. The molecule has 140 valence electrons. The maximum absolute atomic E-state index is 13.3. The van der Waals surface area contributed by atoms with Crippen molar-refractivity contribution in [3.05, 3.63) is 71.4 Å². The molecule has 27 heavy (non-hydrogen) atoms. The van der Waals surface area contributed by atoms with Gasteiger partial charge in [0.2, 0.25) is 0 Å². The van der Waals surface area contributed by atoms with E-state index < -0.39 is 6.04 Å². The van der Waals surface area contributed by atoms with Crippen LogP contribution in [0.3, 0.4) is 0 Å². The van der Waals surface area contributed by atoms with Crippen LogP contribution in [0.25, 0.3) is 0 Å². The Morgan fingerprint density at radius 1 is 1.44 bits per heavy atom. The van der Waals surface area contributed by atoms with Gasteiger partial charge in [0.15, 0.2) is 10.9 Å². The number of allylic oxidation sites excluding steroid dienone is 1. The third-order valence-corrected chi connectivity index (χ3v) is 4.56. The molecule has 3 rings (SSSR count). The molecule has 0 aliphatic carbocycles. The topological polar surface area (TPSA) is 70.4 Å². The van der Waals surface area contributed by atoms with Gasteiger partial charge in [-0.15, -0.1) is 6.58 Å². The summed E-state index contributed by atoms with van der Waals surface area (Å²) in [7, 11) is 0. The summed E-state index contributed by atoms with van der Waals surface area (Å²) in [5.41, 5.74) is 1.86. The minimum absolute atomic E-state index is 0.319. The van der Waals surface area contributed by atoms with Gasteiger partial charge in [0, 0.05) is 18.3 Å². The van der Waals surface area contributed by atoms with Crippen LogP contribution in [0.5, 0.6) is 0 Å². The van der Waals surface area contributed by atoms with Gasteiger partial charge in [-0.2, -0.15) is 0 Å². The smallest absolute Gasteiger partial charge is 0.257 e. The Morgan fingerprint density at radius 3 is 2.74 bits per heavy atom. The van der Waals surface area contributed by atoms with E-state index in [0.29, 0.717) is 34.5 Å². The lowest BCUT2D eigenvalue weighted by Gasteiger charge is -2.37. The van der Waals surface area contributed by atoms with Crippen LogP contribution in [0.2, 0.25) is 0 Å². The van der Waals surface area contributed by atoms with Crippen molar-refractivity contribution >= 4 is 29.1 Å². The van der Waals surface area contributed by atoms with Crippen LogP contribution in [0.1, 0.15) is 24.3 Å². The Labute approximate surface area is 161 Å². The highest BCUT2D eigenvalue weighted by atomic mass is 32.1. The zero-order valence-corrected chi connectivity index (χ0v) is 15.8. The van der Waals surface area contributed by atoms with E-state index in [0.717, 1.165) is 5.56 Å². The van der Waals surface area contributed by atoms with Gasteiger partial charge in [-0.3, -0.25) is 4.79 Å². The number of hydrogen-bond donors (Lipinski definition) is 2. The van der Waals surface area contributed by atoms with E-state index in [4.69, 9.17) is 16.7 Å². The Morgan fingerprint density at radius 2 is 2.15 bits per heavy atom. The van der Waals surface area contributed by atoms with Gasteiger partial charge in [0.05, 0.1) is 11.6 Å². The van der Waals surface area contributed by atoms with E-state index in [1.165, 1.54) is 12.1 Å². The fourth-order valence-electron chi connectivity index (χ4n) is 2.94. The molecule has 0 bridgehead atoms. The number of carbonyl (C=O) groups excluding carboxylic acids is 1. The molecule has 0 saturated carbocycles. The minimum atomic E-state index is -0.521. The number of thiocarbonyl (C=S) groups is 1. The first-order valence-corrected chi connectivity index (χ1v) is 8.71. The van der Waals surface area contributed by atoms with Crippen LogP contribution in [-0.2, 0) is 4.79 Å². The molecule has 8 heteroatoms. The molecule has 1 aliphatic heterocycles. The van der Waals surface area contributed by atoms with Crippen molar-refractivity contribution in [3.63, 3.8) is 0 Å². The predicted octanol–water partition coefficient (Wildman–Crippen LogP) is 3.45. The van der Waals surface area contributed by atoms with Crippen molar-refractivity contribution in [3.8, 4) is 0 Å². The Balaban J connectivity index is 2.02. The second kappa shape index (κ2) is 7.71. The van der Waals surface area contributed by atoms with E-state index in [1.54, 1.807) is 36.1 Å². The van der Waals surface area contributed by atoms with Crippen molar-refractivity contribution < 1.29 is 13.7 Å². The largest absolute Gasteiger partial charge is 0.360 e. The number of benzene rings is 1. The van der Waals surface area contributed by atoms with Crippen LogP contribution < -0.4 is 10.6 Å². The number of amides is 1. The first-order chi connectivity index (χ1) is 12.9. The summed E-state index contributed by atoms with van der Waals surface area (Å²) in [4.78, 5) is 14.8. The summed E-state index contributed by atoms with van der Waals surface area (Å²) in [5, 5.41) is 10.2. The Bertz CT molecular complexity index is 920. The highest BCUT2D eigenvalue weighted by Gasteiger charge is 2.33. The molecule has 1 atom stereocenters. The Kier molecular flexibility index (Phi) is 5.36. The maximum Gasteiger partial charge on any atom is 0.257 e. The molecular formula is C19H19FN4O2S. The normalized spacial score (nSPS) is 16.9. The first-order valence-electron chi connectivity index (χ1n) is 8.30. The SMILES string of the molecule is C=CCN1C(=S)N[C@H](c2ccc(F)cc2)C(C(=O)Nc2cc(C)on2)=C1C. The van der Waals surface area contributed by atoms with Crippen molar-refractivity contribution in [2.75, 3.05) is 11.9 Å². The van der Waals surface area contributed by atoms with Crippen molar-refractivity contribution in [1.29, 1.82) is 0 Å². The molecule has 1 aromatic heterocycles. The van der Waals surface area contributed by atoms with Crippen LogP contribution in [0.15, 0.2) is 58.8 Å². The zero-order chi connectivity index (χ0) is 19.6. The number of halogens is 1. The van der Waals surface area contributed by atoms with Crippen molar-refractivity contribution in [2.24, 2.45) is 0 Å². The summed E-state index contributed by atoms with van der Waals surface area (Å²) in [6.45, 7) is 7.74. The summed E-state index contributed by atoms with van der Waals surface area (Å²) in [6, 6.07) is 7.05. The zero-order valence-electron chi connectivity index (χ0n) is 15.0. The molecule has 6 nitrogen and oxygen atoms in total. The van der Waals surface area contributed by atoms with Crippen LogP contribution in [0.4, 0.5) is 10.2 Å². The van der Waals surface area contributed by atoms with Crippen molar-refractivity contribution in [1.82, 2.24) is 15.4 Å². The second-order valence-corrected chi connectivity index (χ2v) is 6.50. The van der Waals surface area contributed by atoms with Gasteiger partial charge in [0.25, 0.3) is 5.91 Å². The third-order valence-electron chi connectivity index (χ3n) is 4.23. The molecule has 0 radical (unpaired) electrons. The average Bonchev–Trinajstić information content (AvgIpc) is 3.03. The van der Waals surface area contributed by atoms with Gasteiger partial charge in [-0.1, -0.05) is 23.4 Å². The minimum Gasteiger partial charge on any atom is -0.360 e. The number of hydrogen-bond acceptors (Lipinski definition) is 4. The summed E-state index contributed by atoms with van der Waals surface area (Å²) >= 11 is 5.44. The number of nitrogens with one attached hydrogen (secondary N) is 2. The average molecular weight is 386 g/mol. The highest BCUT2D eigenvalue weighted by molar-refractivity contribution is 7.80. The summed E-state index contributed by atoms with van der Waals surface area (Å²) in [5.74, 6) is 0.204. The summed E-state index contributed by atoms with van der Waals surface area (Å²) in [6.07, 6.45) is 1.70. The number of nitrogens with zero attached hydrogens (tertiary/aromatic N) is 2. The molecule has 1 aliphatic rings. The molecule has 1 aromatic carbocycles. The van der Waals surface area contributed by atoms with E-state index in [2.05, 4.69) is 22.4 Å². The maximum atomic E-state index is 13.3. The summed E-state index contributed by atoms with van der Waals surface area (Å²) < 4.78 is 18.3. The lowest BCUT2D eigenvalue weighted by Crippen LogP contribution is -2.48. The van der Waals surface area contributed by atoms with Crippen LogP contribution in [0, 0.1) is 12.7 Å². The first kappa shape index (κ1) is 18.8. The molecule has 2 N–H and O–H groups in total. The van der Waals surface area contributed by atoms with Crippen LogP contribution in [-0.4, -0.2) is 27.6 Å². The number of anilines is 1. The van der Waals surface area contributed by atoms with Gasteiger partial charge in [-0.05, 0) is 43.8 Å². The number of aryl methyl sites for hydroxylation is 1. The van der Waals surface area contributed by atoms with E-state index in [-0.39, 0.29) is 11.7 Å². The monoisotopic (exact) mass is 386 g/mol. The number of rotatable bonds is 5. The molecule has 2 aromatic rings. The number of carbonyl (C=O) groups is 1. The predicted molar refractivity (Wildman–Crippen MR) is 104 cm³/mol. The molecule has 0 spiro atoms. The lowest BCUT2D eigenvalue weighted by molar-refractivity contribution is -0.113. The van der Waals surface area contributed by atoms with Gasteiger partial charge in [0.1, 0.15) is 11.6 Å². The van der Waals surface area contributed by atoms with Gasteiger partial charge < -0.3 is 20.1 Å². The third kappa shape index (κ3) is 3.90. The molecular weight excluding hydrogens is 367 g/mol. The quantitative estimate of drug-likeness (QED) is 0.606. The standard InChI is InChI=1S/C19H19FN4O2S/c1-4-9-24-12(3)16(18(25)21-15-10-11(2)26-23-15)17(22-19(24)27)13-5-7-14(20)8-6-13/h4-8,10,17H,1,9H2,2-3H3,(H,22,27)(H,21,23,25)/t17-/m1/s1. The van der Waals surface area contributed by atoms with E-state index in [9.17, 15) is 9.18 Å². The Hall–Kier alpha value is -3.00. The lowest BCUT2D eigenvalue weighted by atomic mass is 9.94. The van der Waals surface area contributed by atoms with E-state index >= 15 is 0 Å². The molecule has 1 amide bonds. The molecule has 2 heterocycles. The highest BCUT2D eigenvalue weighted by Crippen LogP contribution is 2.31. The van der Waals surface area contributed by atoms with Crippen molar-refractivity contribution in [2.45, 2.75) is 19.9 Å². The number of aromatic nitrogens is 1. The fraction of sp³-hybridized carbons (Fsp3) is 0.211.